The van der Waals surface area contributed by atoms with Gasteiger partial charge in [-0.1, -0.05) is 140 Å². The Morgan fingerprint density at radius 2 is 1.30 bits per heavy atom. The Hall–Kier alpha value is -6.53. The lowest BCUT2D eigenvalue weighted by Gasteiger charge is -2.36. The van der Waals surface area contributed by atoms with Gasteiger partial charge in [0.25, 0.3) is 0 Å². The van der Waals surface area contributed by atoms with Gasteiger partial charge < -0.3 is 9.88 Å². The number of nitrogens with one attached hydrogen (secondary N) is 2. The molecular formula is C51H38N4S. The Labute approximate surface area is 329 Å². The van der Waals surface area contributed by atoms with Gasteiger partial charge in [-0.05, 0) is 82.8 Å². The van der Waals surface area contributed by atoms with E-state index in [1.807, 2.05) is 11.3 Å². The topological polar surface area (TPSA) is 41.4 Å². The number of benzene rings is 7. The number of rotatable bonds is 6. The molecule has 0 saturated heterocycles. The molecule has 268 valence electrons. The number of allylic oxidation sites excluding steroid dienone is 3. The van der Waals surface area contributed by atoms with Crippen molar-refractivity contribution in [2.45, 2.75) is 18.8 Å². The van der Waals surface area contributed by atoms with Gasteiger partial charge in [-0.25, -0.2) is 4.99 Å². The second kappa shape index (κ2) is 13.6. The fraction of sp³-hybridized carbons (Fsp3) is 0.0784. The lowest BCUT2D eigenvalue weighted by molar-refractivity contribution is 0.329. The standard InChI is InChI=1S/C51H38N4S/c1-3-13-33(14-4-1)36-17-11-18-38(31-36)51-53-49(34-15-5-2-6-16-34)52-50(54-51)35-25-28-39(29-26-35)55-45-23-9-7-19-41(45)44-32-37(27-30-46(44)55)40-21-12-22-43-42-20-8-10-24-47(42)56-48(40)43/h1-17,19-32,38,49,51,53H,18H2,(H,52,54). The summed E-state index contributed by atoms with van der Waals surface area (Å²) >= 11 is 1.88. The number of amidine groups is 1. The molecule has 1 aliphatic carbocycles. The van der Waals surface area contributed by atoms with Crippen molar-refractivity contribution < 1.29 is 0 Å². The second-order valence-electron chi connectivity index (χ2n) is 14.8. The van der Waals surface area contributed by atoms with Crippen molar-refractivity contribution in [2.75, 3.05) is 0 Å². The summed E-state index contributed by atoms with van der Waals surface area (Å²) in [6.45, 7) is 0. The van der Waals surface area contributed by atoms with E-state index < -0.39 is 0 Å². The van der Waals surface area contributed by atoms with Crippen LogP contribution in [-0.2, 0) is 0 Å². The molecule has 0 saturated carbocycles. The highest BCUT2D eigenvalue weighted by Gasteiger charge is 2.30. The molecule has 7 aromatic carbocycles. The Bertz CT molecular complexity index is 3010. The Kier molecular flexibility index (Phi) is 8.01. The lowest BCUT2D eigenvalue weighted by atomic mass is 9.89. The maximum absolute atomic E-state index is 5.26. The first-order valence-corrected chi connectivity index (χ1v) is 20.2. The van der Waals surface area contributed by atoms with Crippen LogP contribution in [0, 0.1) is 5.92 Å². The van der Waals surface area contributed by atoms with Crippen molar-refractivity contribution in [1.29, 1.82) is 0 Å². The predicted octanol–water partition coefficient (Wildman–Crippen LogP) is 12.4. The second-order valence-corrected chi connectivity index (χ2v) is 15.8. The van der Waals surface area contributed by atoms with Crippen molar-refractivity contribution in [3.8, 4) is 16.8 Å². The molecule has 0 radical (unpaired) electrons. The van der Waals surface area contributed by atoms with Crippen LogP contribution in [0.4, 0.5) is 0 Å². The number of thiophene rings is 1. The molecule has 0 fully saturated rings. The van der Waals surface area contributed by atoms with Gasteiger partial charge in [-0.2, -0.15) is 0 Å². The van der Waals surface area contributed by atoms with E-state index in [1.165, 1.54) is 64.2 Å². The Balaban J connectivity index is 0.961. The van der Waals surface area contributed by atoms with Crippen molar-refractivity contribution in [2.24, 2.45) is 10.9 Å². The van der Waals surface area contributed by atoms with Gasteiger partial charge in [0.1, 0.15) is 12.0 Å². The number of nitrogens with zero attached hydrogens (tertiary/aromatic N) is 2. The molecule has 0 bridgehead atoms. The van der Waals surface area contributed by atoms with E-state index in [0.29, 0.717) is 0 Å². The summed E-state index contributed by atoms with van der Waals surface area (Å²) in [6, 6.07) is 61.3. The summed E-state index contributed by atoms with van der Waals surface area (Å²) in [5.41, 5.74) is 10.8. The molecule has 3 heterocycles. The molecule has 4 nitrogen and oxygen atoms in total. The van der Waals surface area contributed by atoms with E-state index in [-0.39, 0.29) is 18.2 Å². The van der Waals surface area contributed by atoms with Crippen LogP contribution < -0.4 is 10.6 Å². The summed E-state index contributed by atoms with van der Waals surface area (Å²) in [5.74, 6) is 1.15. The molecule has 56 heavy (non-hydrogen) atoms. The summed E-state index contributed by atoms with van der Waals surface area (Å²) < 4.78 is 5.06. The first kappa shape index (κ1) is 32.9. The molecule has 5 heteroatoms. The van der Waals surface area contributed by atoms with Crippen LogP contribution in [0.1, 0.15) is 29.3 Å². The number of aliphatic imine (C=N–C) groups is 1. The van der Waals surface area contributed by atoms with Crippen LogP contribution in [0.5, 0.6) is 0 Å². The summed E-state index contributed by atoms with van der Waals surface area (Å²) in [5, 5.41) is 12.8. The van der Waals surface area contributed by atoms with Gasteiger partial charge in [0.15, 0.2) is 0 Å². The van der Waals surface area contributed by atoms with Crippen LogP contribution >= 0.6 is 11.3 Å². The SMILES string of the molecule is C1=CC(c2ccccc2)=CC(C2NC(c3ccc(-n4c5ccccc5c5cc(-c6cccc7c6sc6ccccc67)ccc54)cc3)=NC(c3ccccc3)N2)C1. The number of fused-ring (bicyclic) bond motifs is 6. The van der Waals surface area contributed by atoms with Crippen LogP contribution in [0.25, 0.3) is 64.4 Å². The predicted molar refractivity (Wildman–Crippen MR) is 237 cm³/mol. The summed E-state index contributed by atoms with van der Waals surface area (Å²) in [7, 11) is 0. The minimum atomic E-state index is -0.165. The highest BCUT2D eigenvalue weighted by Crippen LogP contribution is 2.42. The van der Waals surface area contributed by atoms with Crippen LogP contribution in [0.3, 0.4) is 0 Å². The maximum atomic E-state index is 5.26. The minimum absolute atomic E-state index is 0.000915. The van der Waals surface area contributed by atoms with Crippen molar-refractivity contribution in [1.82, 2.24) is 15.2 Å². The van der Waals surface area contributed by atoms with Gasteiger partial charge in [-0.15, -0.1) is 11.3 Å². The summed E-state index contributed by atoms with van der Waals surface area (Å²) in [6.07, 6.45) is 7.74. The third kappa shape index (κ3) is 5.67. The molecule has 0 amide bonds. The molecule has 1 aliphatic heterocycles. The minimum Gasteiger partial charge on any atom is -0.354 e. The fourth-order valence-electron chi connectivity index (χ4n) is 8.68. The Morgan fingerprint density at radius 1 is 0.589 bits per heavy atom. The highest BCUT2D eigenvalue weighted by molar-refractivity contribution is 7.26. The van der Waals surface area contributed by atoms with Crippen LogP contribution in [0.15, 0.2) is 193 Å². The highest BCUT2D eigenvalue weighted by atomic mass is 32.1. The van der Waals surface area contributed by atoms with E-state index in [4.69, 9.17) is 4.99 Å². The molecule has 9 aromatic rings. The summed E-state index contributed by atoms with van der Waals surface area (Å²) in [4.78, 5) is 5.26. The van der Waals surface area contributed by atoms with Crippen LogP contribution in [0.2, 0.25) is 0 Å². The average Bonchev–Trinajstić information content (AvgIpc) is 3.83. The zero-order valence-corrected chi connectivity index (χ0v) is 31.5. The van der Waals surface area contributed by atoms with Crippen molar-refractivity contribution >= 4 is 64.7 Å². The number of hydrogen-bond acceptors (Lipinski definition) is 4. The molecule has 2 N–H and O–H groups in total. The van der Waals surface area contributed by atoms with Gasteiger partial charge in [0.2, 0.25) is 0 Å². The molecule has 2 aromatic heterocycles. The third-order valence-electron chi connectivity index (χ3n) is 11.4. The number of aromatic nitrogens is 1. The van der Waals surface area contributed by atoms with Gasteiger partial charge in [-0.3, -0.25) is 5.32 Å². The Morgan fingerprint density at radius 3 is 2.16 bits per heavy atom. The van der Waals surface area contributed by atoms with E-state index in [2.05, 4.69) is 203 Å². The lowest BCUT2D eigenvalue weighted by Crippen LogP contribution is -2.54. The molecule has 3 unspecified atom stereocenters. The van der Waals surface area contributed by atoms with Crippen molar-refractivity contribution in [3.63, 3.8) is 0 Å². The van der Waals surface area contributed by atoms with Crippen LogP contribution in [-0.4, -0.2) is 16.6 Å². The third-order valence-corrected chi connectivity index (χ3v) is 12.6. The molecular weight excluding hydrogens is 701 g/mol. The molecule has 0 spiro atoms. The van der Waals surface area contributed by atoms with Crippen molar-refractivity contribution in [3.05, 3.63) is 205 Å². The quantitative estimate of drug-likeness (QED) is 0.178. The molecule has 11 rings (SSSR count). The van der Waals surface area contributed by atoms with Gasteiger partial charge in [0, 0.05) is 48.1 Å². The first-order chi connectivity index (χ1) is 27.7. The number of hydrogen-bond donors (Lipinski definition) is 2. The normalized spacial score (nSPS) is 18.3. The molecule has 2 aliphatic rings. The van der Waals surface area contributed by atoms with E-state index in [1.54, 1.807) is 0 Å². The monoisotopic (exact) mass is 738 g/mol. The van der Waals surface area contributed by atoms with Gasteiger partial charge in [0.05, 0.1) is 17.2 Å². The zero-order chi connectivity index (χ0) is 37.0. The van der Waals surface area contributed by atoms with E-state index in [0.717, 1.165) is 29.1 Å². The largest absolute Gasteiger partial charge is 0.354 e. The zero-order valence-electron chi connectivity index (χ0n) is 30.6. The average molecular weight is 739 g/mol. The smallest absolute Gasteiger partial charge is 0.131 e. The van der Waals surface area contributed by atoms with E-state index >= 15 is 0 Å². The number of para-hydroxylation sites is 1. The first-order valence-electron chi connectivity index (χ1n) is 19.4. The van der Waals surface area contributed by atoms with Gasteiger partial charge >= 0.3 is 0 Å². The van der Waals surface area contributed by atoms with E-state index in [9.17, 15) is 0 Å². The molecule has 3 atom stereocenters. The fourth-order valence-corrected chi connectivity index (χ4v) is 9.92. The maximum Gasteiger partial charge on any atom is 0.131 e.